The molecule has 1 aliphatic heterocycles. The molecule has 0 N–H and O–H groups in total. The second-order valence-corrected chi connectivity index (χ2v) is 7.44. The van der Waals surface area contributed by atoms with Crippen LogP contribution in [0.1, 0.15) is 28.7 Å². The zero-order chi connectivity index (χ0) is 21.0. The fourth-order valence-electron chi connectivity index (χ4n) is 3.69. The fraction of sp³-hybridized carbons (Fsp3) is 0.292. The van der Waals surface area contributed by atoms with Crippen LogP contribution in [0.2, 0.25) is 0 Å². The quantitative estimate of drug-likeness (QED) is 0.709. The van der Waals surface area contributed by atoms with Crippen LogP contribution in [0.5, 0.6) is 0 Å². The van der Waals surface area contributed by atoms with Crippen LogP contribution in [0.3, 0.4) is 0 Å². The van der Waals surface area contributed by atoms with Crippen LogP contribution in [0.15, 0.2) is 55.1 Å². The van der Waals surface area contributed by atoms with Crippen LogP contribution < -0.4 is 4.90 Å². The van der Waals surface area contributed by atoms with E-state index in [1.165, 1.54) is 0 Å². The lowest BCUT2D eigenvalue weighted by molar-refractivity contribution is -0.135. The minimum atomic E-state index is -0.374. The molecule has 0 spiro atoms. The zero-order valence-electron chi connectivity index (χ0n) is 16.9. The normalized spacial score (nSPS) is 15.8. The van der Waals surface area contributed by atoms with Gasteiger partial charge in [-0.2, -0.15) is 5.26 Å². The number of carbonyl (C=O) groups excluding carboxylic acids is 2. The molecule has 0 saturated carbocycles. The number of anilines is 1. The fourth-order valence-corrected chi connectivity index (χ4v) is 3.69. The molecule has 2 aromatic rings. The Labute approximate surface area is 171 Å². The van der Waals surface area contributed by atoms with Gasteiger partial charge in [0.2, 0.25) is 11.8 Å². The van der Waals surface area contributed by atoms with Gasteiger partial charge in [0.25, 0.3) is 0 Å². The Hall–Kier alpha value is -3.39. The van der Waals surface area contributed by atoms with Crippen LogP contribution in [-0.2, 0) is 16.1 Å². The highest BCUT2D eigenvalue weighted by molar-refractivity contribution is 6.01. The number of hydrogen-bond donors (Lipinski definition) is 0. The van der Waals surface area contributed by atoms with Gasteiger partial charge in [-0.1, -0.05) is 30.3 Å². The molecule has 2 aromatic carbocycles. The summed E-state index contributed by atoms with van der Waals surface area (Å²) in [6.45, 7) is 9.01. The topological polar surface area (TPSA) is 64.4 Å². The van der Waals surface area contributed by atoms with Gasteiger partial charge in [0.15, 0.2) is 0 Å². The number of nitriles is 1. The number of carbonyl (C=O) groups is 2. The van der Waals surface area contributed by atoms with E-state index in [9.17, 15) is 9.59 Å². The van der Waals surface area contributed by atoms with E-state index in [1.54, 1.807) is 28.0 Å². The van der Waals surface area contributed by atoms with E-state index in [4.69, 9.17) is 5.26 Å². The van der Waals surface area contributed by atoms with E-state index in [2.05, 4.69) is 12.6 Å². The number of aryl methyl sites for hydroxylation is 1. The van der Waals surface area contributed by atoms with Crippen molar-refractivity contribution in [3.63, 3.8) is 0 Å². The molecule has 1 saturated heterocycles. The van der Waals surface area contributed by atoms with Crippen LogP contribution in [0.25, 0.3) is 0 Å². The molecule has 1 atom stereocenters. The standard InChI is InChI=1S/C24H25N3O2/c1-4-12-26(15-20-10-8-19(14-25)9-11-20)24(29)21-13-23(28)27(16-21)22-7-5-6-17(2)18(22)3/h4-11,21H,1,12-13,15-16H2,2-3H3. The number of nitrogens with zero attached hydrogens (tertiary/aromatic N) is 3. The zero-order valence-corrected chi connectivity index (χ0v) is 16.9. The van der Waals surface area contributed by atoms with E-state index < -0.39 is 0 Å². The first-order valence-corrected chi connectivity index (χ1v) is 9.70. The van der Waals surface area contributed by atoms with E-state index in [-0.39, 0.29) is 24.2 Å². The van der Waals surface area contributed by atoms with Crippen molar-refractivity contribution in [1.82, 2.24) is 4.90 Å². The Bertz CT molecular complexity index is 973. The molecular formula is C24H25N3O2. The van der Waals surface area contributed by atoms with Gasteiger partial charge >= 0.3 is 0 Å². The van der Waals surface area contributed by atoms with Gasteiger partial charge in [-0.15, -0.1) is 6.58 Å². The smallest absolute Gasteiger partial charge is 0.228 e. The number of hydrogen-bond acceptors (Lipinski definition) is 3. The maximum Gasteiger partial charge on any atom is 0.228 e. The van der Waals surface area contributed by atoms with Gasteiger partial charge < -0.3 is 9.80 Å². The predicted octanol–water partition coefficient (Wildman–Crippen LogP) is 3.74. The monoisotopic (exact) mass is 387 g/mol. The summed E-state index contributed by atoms with van der Waals surface area (Å²) < 4.78 is 0. The third-order valence-electron chi connectivity index (χ3n) is 5.46. The second kappa shape index (κ2) is 8.74. The molecule has 148 valence electrons. The highest BCUT2D eigenvalue weighted by atomic mass is 16.2. The summed E-state index contributed by atoms with van der Waals surface area (Å²) in [6, 6.07) is 15.2. The summed E-state index contributed by atoms with van der Waals surface area (Å²) in [7, 11) is 0. The molecule has 0 aromatic heterocycles. The lowest BCUT2D eigenvalue weighted by atomic mass is 10.1. The largest absolute Gasteiger partial charge is 0.334 e. The first kappa shape index (κ1) is 20.3. The minimum absolute atomic E-state index is 0.0195. The number of amides is 2. The van der Waals surface area contributed by atoms with Crippen LogP contribution in [0.4, 0.5) is 5.69 Å². The van der Waals surface area contributed by atoms with Crippen molar-refractivity contribution in [3.8, 4) is 6.07 Å². The van der Waals surface area contributed by atoms with Gasteiger partial charge in [0.05, 0.1) is 17.6 Å². The van der Waals surface area contributed by atoms with Gasteiger partial charge in [0.1, 0.15) is 0 Å². The average Bonchev–Trinajstić information content (AvgIpc) is 3.11. The highest BCUT2D eigenvalue weighted by Gasteiger charge is 2.37. The third kappa shape index (κ3) is 4.38. The highest BCUT2D eigenvalue weighted by Crippen LogP contribution is 2.30. The number of rotatable bonds is 6. The molecule has 3 rings (SSSR count). The van der Waals surface area contributed by atoms with Crippen molar-refractivity contribution >= 4 is 17.5 Å². The molecule has 1 fully saturated rings. The average molecular weight is 387 g/mol. The predicted molar refractivity (Wildman–Crippen MR) is 113 cm³/mol. The maximum atomic E-state index is 13.2. The maximum absolute atomic E-state index is 13.2. The van der Waals surface area contributed by atoms with Crippen molar-refractivity contribution < 1.29 is 9.59 Å². The summed E-state index contributed by atoms with van der Waals surface area (Å²) >= 11 is 0. The van der Waals surface area contributed by atoms with Crippen molar-refractivity contribution in [2.45, 2.75) is 26.8 Å². The molecule has 0 bridgehead atoms. The van der Waals surface area contributed by atoms with Crippen molar-refractivity contribution in [2.75, 3.05) is 18.0 Å². The van der Waals surface area contributed by atoms with Gasteiger partial charge in [-0.05, 0) is 48.7 Å². The van der Waals surface area contributed by atoms with Crippen LogP contribution >= 0.6 is 0 Å². The van der Waals surface area contributed by atoms with E-state index in [1.807, 2.05) is 44.2 Å². The van der Waals surface area contributed by atoms with Crippen LogP contribution in [0, 0.1) is 31.1 Å². The van der Waals surface area contributed by atoms with Crippen molar-refractivity contribution in [2.24, 2.45) is 5.92 Å². The molecule has 0 radical (unpaired) electrons. The summed E-state index contributed by atoms with van der Waals surface area (Å²) in [4.78, 5) is 29.3. The Morgan fingerprint density at radius 2 is 2.00 bits per heavy atom. The van der Waals surface area contributed by atoms with Gasteiger partial charge in [0, 0.05) is 31.7 Å². The van der Waals surface area contributed by atoms with E-state index in [0.29, 0.717) is 25.2 Å². The molecular weight excluding hydrogens is 362 g/mol. The Kier molecular flexibility index (Phi) is 6.13. The molecule has 29 heavy (non-hydrogen) atoms. The van der Waals surface area contributed by atoms with Crippen molar-refractivity contribution in [1.29, 1.82) is 5.26 Å². The molecule has 1 aliphatic rings. The Morgan fingerprint density at radius 3 is 2.66 bits per heavy atom. The molecule has 1 unspecified atom stereocenters. The number of benzene rings is 2. The lowest BCUT2D eigenvalue weighted by Crippen LogP contribution is -2.37. The Morgan fingerprint density at radius 1 is 1.28 bits per heavy atom. The van der Waals surface area contributed by atoms with E-state index in [0.717, 1.165) is 22.4 Å². The molecule has 0 aliphatic carbocycles. The summed E-state index contributed by atoms with van der Waals surface area (Å²) in [6.07, 6.45) is 1.91. The van der Waals surface area contributed by atoms with E-state index >= 15 is 0 Å². The molecule has 5 heteroatoms. The SMILES string of the molecule is C=CCN(Cc1ccc(C#N)cc1)C(=O)C1CC(=O)N(c2cccc(C)c2C)C1. The summed E-state index contributed by atoms with van der Waals surface area (Å²) in [5.74, 6) is -0.440. The third-order valence-corrected chi connectivity index (χ3v) is 5.46. The van der Waals surface area contributed by atoms with Gasteiger partial charge in [-0.3, -0.25) is 9.59 Å². The molecule has 5 nitrogen and oxygen atoms in total. The van der Waals surface area contributed by atoms with Crippen molar-refractivity contribution in [3.05, 3.63) is 77.4 Å². The van der Waals surface area contributed by atoms with Crippen LogP contribution in [-0.4, -0.2) is 29.8 Å². The molecule has 1 heterocycles. The first-order valence-electron chi connectivity index (χ1n) is 9.70. The first-order chi connectivity index (χ1) is 13.9. The van der Waals surface area contributed by atoms with Gasteiger partial charge in [-0.25, -0.2) is 0 Å². The second-order valence-electron chi connectivity index (χ2n) is 7.44. The minimum Gasteiger partial charge on any atom is -0.334 e. The summed E-state index contributed by atoms with van der Waals surface area (Å²) in [5.41, 5.74) is 4.59. The lowest BCUT2D eigenvalue weighted by Gasteiger charge is -2.25. The Balaban J connectivity index is 1.76. The summed E-state index contributed by atoms with van der Waals surface area (Å²) in [5, 5.41) is 8.94. The molecule has 2 amide bonds.